The van der Waals surface area contributed by atoms with Crippen LogP contribution in [0.4, 0.5) is 0 Å². The molecule has 0 saturated carbocycles. The quantitative estimate of drug-likeness (QED) is 0.659. The van der Waals surface area contributed by atoms with E-state index in [1.165, 1.54) is 0 Å². The van der Waals surface area contributed by atoms with E-state index in [2.05, 4.69) is 0 Å². The normalized spacial score (nSPS) is 10.5. The molecule has 0 bridgehead atoms. The van der Waals surface area contributed by atoms with E-state index in [9.17, 15) is 4.79 Å². The lowest BCUT2D eigenvalue weighted by Gasteiger charge is -2.21. The van der Waals surface area contributed by atoms with Gasteiger partial charge in [-0.15, -0.1) is 0 Å². The second-order valence-electron chi connectivity index (χ2n) is 6.21. The number of ether oxygens (including phenoxy) is 3. The van der Waals surface area contributed by atoms with Crippen LogP contribution in [0, 0.1) is 0 Å². The van der Waals surface area contributed by atoms with Crippen LogP contribution in [0.15, 0.2) is 54.6 Å². The van der Waals surface area contributed by atoms with Crippen molar-refractivity contribution in [1.29, 1.82) is 0 Å². The first-order valence-corrected chi connectivity index (χ1v) is 8.61. The Morgan fingerprint density at radius 3 is 2.15 bits per heavy atom. The summed E-state index contributed by atoms with van der Waals surface area (Å²) in [5.41, 5.74) is 1.40. The molecule has 3 aromatic rings. The van der Waals surface area contributed by atoms with Crippen molar-refractivity contribution in [3.63, 3.8) is 0 Å². The van der Waals surface area contributed by atoms with Crippen molar-refractivity contribution in [3.8, 4) is 17.2 Å². The molecule has 0 fully saturated rings. The van der Waals surface area contributed by atoms with Gasteiger partial charge in [0.2, 0.25) is 0 Å². The maximum atomic E-state index is 13.1. The summed E-state index contributed by atoms with van der Waals surface area (Å²) in [5.74, 6) is 1.70. The molecule has 5 heteroatoms. The van der Waals surface area contributed by atoms with Crippen LogP contribution in [0.1, 0.15) is 15.9 Å². The van der Waals surface area contributed by atoms with Gasteiger partial charge in [-0.3, -0.25) is 4.79 Å². The average molecular weight is 365 g/mol. The Bertz CT molecular complexity index is 968. The summed E-state index contributed by atoms with van der Waals surface area (Å²) in [6, 6.07) is 17.3. The van der Waals surface area contributed by atoms with E-state index < -0.39 is 0 Å². The second-order valence-corrected chi connectivity index (χ2v) is 6.21. The molecule has 0 N–H and O–H groups in total. The van der Waals surface area contributed by atoms with E-state index in [1.54, 1.807) is 33.3 Å². The number of para-hydroxylation sites is 1. The minimum Gasteiger partial charge on any atom is -0.496 e. The molecular weight excluding hydrogens is 342 g/mol. The minimum absolute atomic E-state index is 0.123. The molecule has 0 aliphatic carbocycles. The molecular formula is C22H23NO4. The molecule has 0 spiro atoms. The third-order valence-electron chi connectivity index (χ3n) is 4.54. The van der Waals surface area contributed by atoms with Gasteiger partial charge in [0.05, 0.1) is 26.9 Å². The molecule has 140 valence electrons. The van der Waals surface area contributed by atoms with Crippen LogP contribution < -0.4 is 14.2 Å². The molecule has 0 aliphatic heterocycles. The molecule has 0 radical (unpaired) electrons. The molecule has 3 aromatic carbocycles. The molecule has 0 unspecified atom stereocenters. The lowest BCUT2D eigenvalue weighted by atomic mass is 10.0. The molecule has 0 saturated heterocycles. The summed E-state index contributed by atoms with van der Waals surface area (Å²) in [5, 5.41) is 2.03. The van der Waals surface area contributed by atoms with E-state index in [0.29, 0.717) is 29.4 Å². The predicted octanol–water partition coefficient (Wildman–Crippen LogP) is 4.14. The summed E-state index contributed by atoms with van der Waals surface area (Å²) in [6.45, 7) is 0.384. The van der Waals surface area contributed by atoms with Gasteiger partial charge in [-0.25, -0.2) is 0 Å². The van der Waals surface area contributed by atoms with Crippen molar-refractivity contribution in [1.82, 2.24) is 4.90 Å². The van der Waals surface area contributed by atoms with Gasteiger partial charge in [0.15, 0.2) is 11.5 Å². The maximum absolute atomic E-state index is 13.1. The molecule has 1 amide bonds. The highest BCUT2D eigenvalue weighted by Gasteiger charge is 2.20. The number of nitrogens with zero attached hydrogens (tertiary/aromatic N) is 1. The monoisotopic (exact) mass is 365 g/mol. The van der Waals surface area contributed by atoms with Crippen LogP contribution in [0.5, 0.6) is 17.2 Å². The first-order chi connectivity index (χ1) is 13.1. The first-order valence-electron chi connectivity index (χ1n) is 8.61. The predicted molar refractivity (Wildman–Crippen MR) is 106 cm³/mol. The van der Waals surface area contributed by atoms with E-state index >= 15 is 0 Å². The van der Waals surface area contributed by atoms with Crippen LogP contribution in [0.3, 0.4) is 0 Å². The maximum Gasteiger partial charge on any atom is 0.257 e. The number of carbonyl (C=O) groups excluding carboxylic acids is 1. The van der Waals surface area contributed by atoms with Gasteiger partial charge in [-0.2, -0.15) is 0 Å². The van der Waals surface area contributed by atoms with Crippen LogP contribution in [-0.2, 0) is 6.54 Å². The lowest BCUT2D eigenvalue weighted by molar-refractivity contribution is 0.0781. The van der Waals surface area contributed by atoms with E-state index in [4.69, 9.17) is 14.2 Å². The summed E-state index contributed by atoms with van der Waals surface area (Å²) < 4.78 is 16.3. The minimum atomic E-state index is -0.123. The van der Waals surface area contributed by atoms with Crippen molar-refractivity contribution in [2.45, 2.75) is 6.54 Å². The molecule has 5 nitrogen and oxygen atoms in total. The fourth-order valence-corrected chi connectivity index (χ4v) is 3.17. The highest BCUT2D eigenvalue weighted by atomic mass is 16.5. The Labute approximate surface area is 159 Å². The molecule has 3 rings (SSSR count). The Hall–Kier alpha value is -3.21. The first kappa shape index (κ1) is 18.6. The van der Waals surface area contributed by atoms with Crippen molar-refractivity contribution in [3.05, 3.63) is 65.7 Å². The van der Waals surface area contributed by atoms with Gasteiger partial charge in [0.1, 0.15) is 5.75 Å². The van der Waals surface area contributed by atoms with Gasteiger partial charge in [-0.1, -0.05) is 36.4 Å². The number of carbonyl (C=O) groups is 1. The van der Waals surface area contributed by atoms with Crippen LogP contribution >= 0.6 is 0 Å². The summed E-state index contributed by atoms with van der Waals surface area (Å²) in [4.78, 5) is 14.7. The zero-order chi connectivity index (χ0) is 19.4. The Morgan fingerprint density at radius 2 is 1.52 bits per heavy atom. The van der Waals surface area contributed by atoms with Gasteiger partial charge >= 0.3 is 0 Å². The summed E-state index contributed by atoms with van der Waals surface area (Å²) in [7, 11) is 6.52. The standard InChI is InChI=1S/C22H23NO4/c1-23(14-17-10-7-11-19(25-2)21(17)27-4)22(24)18-12-15-8-5-6-9-16(15)13-20(18)26-3/h5-13H,14H2,1-4H3. The molecule has 27 heavy (non-hydrogen) atoms. The van der Waals surface area contributed by atoms with Crippen molar-refractivity contribution in [2.24, 2.45) is 0 Å². The fourth-order valence-electron chi connectivity index (χ4n) is 3.17. The van der Waals surface area contributed by atoms with Crippen molar-refractivity contribution in [2.75, 3.05) is 28.4 Å². The number of hydrogen-bond acceptors (Lipinski definition) is 4. The number of amides is 1. The van der Waals surface area contributed by atoms with Gasteiger partial charge in [0, 0.05) is 19.2 Å². The molecule has 0 aromatic heterocycles. The second kappa shape index (κ2) is 7.99. The third kappa shape index (κ3) is 3.67. The Kier molecular flexibility index (Phi) is 5.50. The van der Waals surface area contributed by atoms with Crippen molar-refractivity contribution >= 4 is 16.7 Å². The van der Waals surface area contributed by atoms with Gasteiger partial charge < -0.3 is 19.1 Å². The zero-order valence-corrected chi connectivity index (χ0v) is 16.0. The van der Waals surface area contributed by atoms with Gasteiger partial charge in [0.25, 0.3) is 5.91 Å². The topological polar surface area (TPSA) is 48.0 Å². The zero-order valence-electron chi connectivity index (χ0n) is 16.0. The largest absolute Gasteiger partial charge is 0.496 e. The number of hydrogen-bond donors (Lipinski definition) is 0. The number of fused-ring (bicyclic) bond motifs is 1. The van der Waals surface area contributed by atoms with Gasteiger partial charge in [-0.05, 0) is 29.0 Å². The SMILES string of the molecule is COc1cc2ccccc2cc1C(=O)N(C)Cc1cccc(OC)c1OC. The van der Waals surface area contributed by atoms with E-state index in [-0.39, 0.29) is 5.91 Å². The number of benzene rings is 3. The average Bonchev–Trinajstić information content (AvgIpc) is 2.71. The molecule has 0 atom stereocenters. The van der Waals surface area contributed by atoms with Crippen molar-refractivity contribution < 1.29 is 19.0 Å². The highest BCUT2D eigenvalue weighted by molar-refractivity contribution is 6.01. The van der Waals surface area contributed by atoms with Crippen LogP contribution in [-0.4, -0.2) is 39.2 Å². The highest BCUT2D eigenvalue weighted by Crippen LogP contribution is 2.32. The summed E-state index contributed by atoms with van der Waals surface area (Å²) >= 11 is 0. The van der Waals surface area contributed by atoms with E-state index in [1.807, 2.05) is 54.6 Å². The van der Waals surface area contributed by atoms with Crippen LogP contribution in [0.25, 0.3) is 10.8 Å². The smallest absolute Gasteiger partial charge is 0.257 e. The number of methoxy groups -OCH3 is 3. The Balaban J connectivity index is 1.93. The Morgan fingerprint density at radius 1 is 0.852 bits per heavy atom. The molecule has 0 aliphatic rings. The van der Waals surface area contributed by atoms with E-state index in [0.717, 1.165) is 16.3 Å². The van der Waals surface area contributed by atoms with Crippen LogP contribution in [0.2, 0.25) is 0 Å². The lowest BCUT2D eigenvalue weighted by Crippen LogP contribution is -2.27. The molecule has 0 heterocycles. The fraction of sp³-hybridized carbons (Fsp3) is 0.227. The third-order valence-corrected chi connectivity index (χ3v) is 4.54. The summed E-state index contributed by atoms with van der Waals surface area (Å²) in [6.07, 6.45) is 0. The number of rotatable bonds is 6.